The topological polar surface area (TPSA) is 41.8 Å². The molecule has 2 nitrogen and oxygen atoms in total. The van der Waals surface area contributed by atoms with Crippen molar-refractivity contribution >= 4 is 0 Å². The van der Waals surface area contributed by atoms with E-state index in [0.717, 1.165) is 5.69 Å². The summed E-state index contributed by atoms with van der Waals surface area (Å²) in [6.07, 6.45) is 2.17. The second kappa shape index (κ2) is 3.37. The molecule has 0 bridgehead atoms. The minimum Gasteiger partial charge on any atom is -0.364 e. The number of nitrogens with two attached hydrogens (primary N) is 1. The van der Waals surface area contributed by atoms with E-state index in [1.807, 2.05) is 12.1 Å². The Morgan fingerprint density at radius 3 is 3.00 bits per heavy atom. The SMILES string of the molecule is N[C@H](CCF)c1ccc[nH]1. The predicted molar refractivity (Wildman–Crippen MR) is 38.3 cm³/mol. The van der Waals surface area contributed by atoms with Crippen LogP contribution >= 0.6 is 0 Å². The first-order valence-corrected chi connectivity index (χ1v) is 3.29. The van der Waals surface area contributed by atoms with E-state index in [1.165, 1.54) is 0 Å². The van der Waals surface area contributed by atoms with Gasteiger partial charge in [0.15, 0.2) is 0 Å². The summed E-state index contributed by atoms with van der Waals surface area (Å²) in [7, 11) is 0. The zero-order chi connectivity index (χ0) is 7.40. The summed E-state index contributed by atoms with van der Waals surface area (Å²) < 4.78 is 11.7. The molecule has 0 aliphatic rings. The zero-order valence-corrected chi connectivity index (χ0v) is 5.68. The Hall–Kier alpha value is -0.830. The number of aromatic nitrogens is 1. The third-order valence-electron chi connectivity index (χ3n) is 1.44. The van der Waals surface area contributed by atoms with Crippen molar-refractivity contribution in [3.63, 3.8) is 0 Å². The van der Waals surface area contributed by atoms with E-state index in [4.69, 9.17) is 5.73 Å². The molecule has 3 N–H and O–H groups in total. The molecule has 56 valence electrons. The Kier molecular flexibility index (Phi) is 2.45. The predicted octanol–water partition coefficient (Wildman–Crippen LogP) is 1.37. The summed E-state index contributed by atoms with van der Waals surface area (Å²) in [5.74, 6) is 0. The standard InChI is InChI=1S/C7H11FN2/c8-4-3-6(9)7-2-1-5-10-7/h1-2,5-6,10H,3-4,9H2/t6-/m1/s1. The number of H-pyrrole nitrogens is 1. The van der Waals surface area contributed by atoms with Gasteiger partial charge in [0.25, 0.3) is 0 Å². The van der Waals surface area contributed by atoms with Crippen LogP contribution in [-0.2, 0) is 0 Å². The maximum atomic E-state index is 11.7. The fourth-order valence-corrected chi connectivity index (χ4v) is 0.848. The van der Waals surface area contributed by atoms with Crippen molar-refractivity contribution in [3.05, 3.63) is 24.0 Å². The average Bonchev–Trinajstić information content (AvgIpc) is 2.38. The molecule has 0 radical (unpaired) electrons. The third kappa shape index (κ3) is 1.57. The first-order chi connectivity index (χ1) is 4.84. The fourth-order valence-electron chi connectivity index (χ4n) is 0.848. The van der Waals surface area contributed by atoms with Gasteiger partial charge in [0.1, 0.15) is 0 Å². The van der Waals surface area contributed by atoms with Gasteiger partial charge in [0.05, 0.1) is 6.67 Å². The maximum Gasteiger partial charge on any atom is 0.0913 e. The molecule has 1 aromatic rings. The molecule has 0 saturated heterocycles. The summed E-state index contributed by atoms with van der Waals surface area (Å²) in [4.78, 5) is 2.93. The van der Waals surface area contributed by atoms with Crippen LogP contribution < -0.4 is 5.73 Å². The first-order valence-electron chi connectivity index (χ1n) is 3.29. The van der Waals surface area contributed by atoms with Crippen molar-refractivity contribution in [1.82, 2.24) is 4.98 Å². The van der Waals surface area contributed by atoms with E-state index < -0.39 is 0 Å². The molecule has 1 aromatic heterocycles. The summed E-state index contributed by atoms with van der Waals surface area (Å²) in [5.41, 5.74) is 6.48. The fraction of sp³-hybridized carbons (Fsp3) is 0.429. The second-order valence-electron chi connectivity index (χ2n) is 2.21. The van der Waals surface area contributed by atoms with E-state index in [-0.39, 0.29) is 12.7 Å². The Balaban J connectivity index is 2.50. The number of nitrogens with one attached hydrogen (secondary N) is 1. The summed E-state index contributed by atoms with van der Waals surface area (Å²) in [6, 6.07) is 3.54. The molecule has 1 rings (SSSR count). The van der Waals surface area contributed by atoms with Crippen LogP contribution in [-0.4, -0.2) is 11.7 Å². The molecule has 10 heavy (non-hydrogen) atoms. The number of hydrogen-bond acceptors (Lipinski definition) is 1. The molecule has 0 saturated carbocycles. The Morgan fingerprint density at radius 1 is 1.70 bits per heavy atom. The normalized spacial score (nSPS) is 13.4. The van der Waals surface area contributed by atoms with Crippen LogP contribution in [0.25, 0.3) is 0 Å². The van der Waals surface area contributed by atoms with Crippen molar-refractivity contribution in [2.24, 2.45) is 5.73 Å². The third-order valence-corrected chi connectivity index (χ3v) is 1.44. The lowest BCUT2D eigenvalue weighted by atomic mass is 10.2. The second-order valence-corrected chi connectivity index (χ2v) is 2.21. The summed E-state index contributed by atoms with van der Waals surface area (Å²) in [6.45, 7) is -0.361. The van der Waals surface area contributed by atoms with Crippen molar-refractivity contribution in [1.29, 1.82) is 0 Å². The Labute approximate surface area is 59.2 Å². The van der Waals surface area contributed by atoms with Crippen LogP contribution in [0.3, 0.4) is 0 Å². The van der Waals surface area contributed by atoms with Crippen LogP contribution in [0.1, 0.15) is 18.2 Å². The first kappa shape index (κ1) is 7.28. The number of hydrogen-bond donors (Lipinski definition) is 2. The smallest absolute Gasteiger partial charge is 0.0913 e. The quantitative estimate of drug-likeness (QED) is 0.657. The molecular formula is C7H11FN2. The lowest BCUT2D eigenvalue weighted by Crippen LogP contribution is -2.10. The highest BCUT2D eigenvalue weighted by Crippen LogP contribution is 2.10. The van der Waals surface area contributed by atoms with Gasteiger partial charge in [0.2, 0.25) is 0 Å². The van der Waals surface area contributed by atoms with Gasteiger partial charge in [-0.25, -0.2) is 0 Å². The Bertz CT molecular complexity index is 172. The minimum atomic E-state index is -0.361. The van der Waals surface area contributed by atoms with Crippen molar-refractivity contribution in [2.45, 2.75) is 12.5 Å². The van der Waals surface area contributed by atoms with Crippen LogP contribution in [0.5, 0.6) is 0 Å². The van der Waals surface area contributed by atoms with Gasteiger partial charge in [-0.3, -0.25) is 4.39 Å². The van der Waals surface area contributed by atoms with Crippen LogP contribution in [0.4, 0.5) is 4.39 Å². The minimum absolute atomic E-state index is 0.181. The van der Waals surface area contributed by atoms with Gasteiger partial charge >= 0.3 is 0 Å². The molecule has 0 amide bonds. The van der Waals surface area contributed by atoms with E-state index in [2.05, 4.69) is 4.98 Å². The number of rotatable bonds is 3. The lowest BCUT2D eigenvalue weighted by molar-refractivity contribution is 0.439. The highest BCUT2D eigenvalue weighted by Gasteiger charge is 2.04. The van der Waals surface area contributed by atoms with E-state index in [9.17, 15) is 4.39 Å². The summed E-state index contributed by atoms with van der Waals surface area (Å²) in [5, 5.41) is 0. The molecule has 0 aromatic carbocycles. The van der Waals surface area contributed by atoms with E-state index >= 15 is 0 Å². The molecule has 0 unspecified atom stereocenters. The van der Waals surface area contributed by atoms with Crippen molar-refractivity contribution < 1.29 is 4.39 Å². The molecule has 0 fully saturated rings. The molecule has 1 heterocycles. The highest BCUT2D eigenvalue weighted by molar-refractivity contribution is 5.07. The molecule has 3 heteroatoms. The van der Waals surface area contributed by atoms with Crippen molar-refractivity contribution in [3.8, 4) is 0 Å². The van der Waals surface area contributed by atoms with Gasteiger partial charge in [-0.1, -0.05) is 0 Å². The Morgan fingerprint density at radius 2 is 2.50 bits per heavy atom. The molecular weight excluding hydrogens is 131 g/mol. The monoisotopic (exact) mass is 142 g/mol. The number of aromatic amines is 1. The zero-order valence-electron chi connectivity index (χ0n) is 5.68. The lowest BCUT2D eigenvalue weighted by Gasteiger charge is -2.05. The van der Waals surface area contributed by atoms with Crippen LogP contribution in [0.2, 0.25) is 0 Å². The van der Waals surface area contributed by atoms with Gasteiger partial charge in [0, 0.05) is 17.9 Å². The molecule has 0 aliphatic carbocycles. The van der Waals surface area contributed by atoms with Crippen molar-refractivity contribution in [2.75, 3.05) is 6.67 Å². The van der Waals surface area contributed by atoms with Crippen LogP contribution in [0, 0.1) is 0 Å². The number of alkyl halides is 1. The van der Waals surface area contributed by atoms with Gasteiger partial charge in [-0.15, -0.1) is 0 Å². The molecule has 1 atom stereocenters. The summed E-state index contributed by atoms with van der Waals surface area (Å²) >= 11 is 0. The van der Waals surface area contributed by atoms with Crippen LogP contribution in [0.15, 0.2) is 18.3 Å². The van der Waals surface area contributed by atoms with Gasteiger partial charge < -0.3 is 10.7 Å². The molecule has 0 spiro atoms. The van der Waals surface area contributed by atoms with Gasteiger partial charge in [-0.05, 0) is 18.6 Å². The maximum absolute atomic E-state index is 11.7. The number of halogens is 1. The average molecular weight is 142 g/mol. The highest BCUT2D eigenvalue weighted by atomic mass is 19.1. The van der Waals surface area contributed by atoms with E-state index in [0.29, 0.717) is 6.42 Å². The van der Waals surface area contributed by atoms with Gasteiger partial charge in [-0.2, -0.15) is 0 Å². The molecule has 0 aliphatic heterocycles. The largest absolute Gasteiger partial charge is 0.364 e. The van der Waals surface area contributed by atoms with E-state index in [1.54, 1.807) is 6.20 Å².